The molecule has 3 aromatic rings. The van der Waals surface area contributed by atoms with E-state index in [0.29, 0.717) is 18.0 Å². The van der Waals surface area contributed by atoms with Crippen molar-refractivity contribution in [2.75, 3.05) is 17.2 Å². The summed E-state index contributed by atoms with van der Waals surface area (Å²) in [6.07, 6.45) is -4.07. The molecule has 0 spiro atoms. The number of hydrogen-bond acceptors (Lipinski definition) is 3. The molecule has 3 rings (SSSR count). The molecule has 162 valence electrons. The molecule has 0 radical (unpaired) electrons. The van der Waals surface area contributed by atoms with Gasteiger partial charge in [0, 0.05) is 16.6 Å². The van der Waals surface area contributed by atoms with Gasteiger partial charge in [0.05, 0.1) is 22.5 Å². The van der Waals surface area contributed by atoms with E-state index in [1.54, 1.807) is 12.1 Å². The zero-order valence-corrected chi connectivity index (χ0v) is 17.4. The minimum absolute atomic E-state index is 0.0849. The van der Waals surface area contributed by atoms with Crippen molar-refractivity contribution < 1.29 is 23.1 Å². The van der Waals surface area contributed by atoms with Crippen molar-refractivity contribution in [3.8, 4) is 5.75 Å². The number of carbonyl (C=O) groups is 1. The first-order valence-corrected chi connectivity index (χ1v) is 9.89. The Hall–Kier alpha value is -2.90. The van der Waals surface area contributed by atoms with Crippen molar-refractivity contribution in [2.24, 2.45) is 0 Å². The third kappa shape index (κ3) is 5.83. The van der Waals surface area contributed by atoms with Crippen LogP contribution in [0, 0.1) is 0 Å². The minimum Gasteiger partial charge on any atom is -0.507 e. The normalized spacial score (nSPS) is 11.3. The topological polar surface area (TPSA) is 61.4 Å². The molecule has 4 nitrogen and oxygen atoms in total. The summed E-state index contributed by atoms with van der Waals surface area (Å²) < 4.78 is 39.6. The zero-order chi connectivity index (χ0) is 22.6. The molecular formula is C22H17Cl2F3N2O2. The smallest absolute Gasteiger partial charge is 0.416 e. The second-order valence-corrected chi connectivity index (χ2v) is 7.49. The van der Waals surface area contributed by atoms with Gasteiger partial charge in [-0.3, -0.25) is 4.79 Å². The summed E-state index contributed by atoms with van der Waals surface area (Å²) in [6.45, 7) is 0.361. The van der Waals surface area contributed by atoms with E-state index >= 15 is 0 Å². The van der Waals surface area contributed by atoms with Crippen LogP contribution < -0.4 is 10.6 Å². The van der Waals surface area contributed by atoms with Crippen LogP contribution in [-0.2, 0) is 12.6 Å². The van der Waals surface area contributed by atoms with Crippen LogP contribution in [0.5, 0.6) is 5.75 Å². The molecule has 3 aromatic carbocycles. The number of halogens is 5. The number of carbonyl (C=O) groups excluding carboxylic acids is 1. The van der Waals surface area contributed by atoms with E-state index in [4.69, 9.17) is 23.2 Å². The van der Waals surface area contributed by atoms with E-state index in [0.717, 1.165) is 17.7 Å². The number of anilines is 2. The second kappa shape index (κ2) is 9.49. The highest BCUT2D eigenvalue weighted by Gasteiger charge is 2.31. The van der Waals surface area contributed by atoms with Crippen LogP contribution in [0.3, 0.4) is 0 Å². The van der Waals surface area contributed by atoms with E-state index in [2.05, 4.69) is 10.6 Å². The number of aromatic hydroxyl groups is 1. The number of phenolic OH excluding ortho intramolecular Hbond substituents is 1. The average molecular weight is 469 g/mol. The minimum atomic E-state index is -4.59. The number of nitrogens with one attached hydrogen (secondary N) is 2. The van der Waals surface area contributed by atoms with Gasteiger partial charge in [-0.25, -0.2) is 0 Å². The monoisotopic (exact) mass is 468 g/mol. The van der Waals surface area contributed by atoms with Gasteiger partial charge in [0.15, 0.2) is 0 Å². The highest BCUT2D eigenvalue weighted by molar-refractivity contribution is 6.31. The van der Waals surface area contributed by atoms with Gasteiger partial charge >= 0.3 is 6.18 Å². The first kappa shape index (κ1) is 22.8. The van der Waals surface area contributed by atoms with E-state index in [1.807, 2.05) is 12.1 Å². The number of hydrogen-bond donors (Lipinski definition) is 3. The Morgan fingerprint density at radius 2 is 1.71 bits per heavy atom. The number of amides is 1. The maximum atomic E-state index is 13.2. The predicted molar refractivity (Wildman–Crippen MR) is 116 cm³/mol. The fourth-order valence-corrected chi connectivity index (χ4v) is 3.29. The SMILES string of the molecule is O=C(Nc1cc(C(F)(F)F)ccc1NCCc1ccccc1Cl)c1cc(Cl)ccc1O. The lowest BCUT2D eigenvalue weighted by Gasteiger charge is -2.16. The van der Waals surface area contributed by atoms with Gasteiger partial charge in [0.25, 0.3) is 5.91 Å². The molecule has 0 aliphatic heterocycles. The highest BCUT2D eigenvalue weighted by Crippen LogP contribution is 2.35. The lowest BCUT2D eigenvalue weighted by molar-refractivity contribution is -0.137. The molecule has 0 heterocycles. The van der Waals surface area contributed by atoms with Crippen LogP contribution in [0.15, 0.2) is 60.7 Å². The molecule has 0 aliphatic rings. The Balaban J connectivity index is 1.84. The van der Waals surface area contributed by atoms with Gasteiger partial charge in [0.2, 0.25) is 0 Å². The molecule has 0 bridgehead atoms. The third-order valence-corrected chi connectivity index (χ3v) is 5.07. The van der Waals surface area contributed by atoms with Crippen LogP contribution in [-0.4, -0.2) is 17.6 Å². The maximum absolute atomic E-state index is 13.2. The van der Waals surface area contributed by atoms with Crippen molar-refractivity contribution >= 4 is 40.5 Å². The molecular weight excluding hydrogens is 452 g/mol. The number of alkyl halides is 3. The molecule has 0 atom stereocenters. The van der Waals surface area contributed by atoms with Crippen molar-refractivity contribution in [2.45, 2.75) is 12.6 Å². The summed E-state index contributed by atoms with van der Waals surface area (Å²) in [4.78, 5) is 12.6. The molecule has 0 saturated carbocycles. The van der Waals surface area contributed by atoms with Gasteiger partial charge in [-0.2, -0.15) is 13.2 Å². The average Bonchev–Trinajstić information content (AvgIpc) is 2.71. The van der Waals surface area contributed by atoms with Gasteiger partial charge in [-0.1, -0.05) is 41.4 Å². The molecule has 9 heteroatoms. The van der Waals surface area contributed by atoms with Gasteiger partial charge < -0.3 is 15.7 Å². The van der Waals surface area contributed by atoms with Crippen LogP contribution in [0.1, 0.15) is 21.5 Å². The standard InChI is InChI=1S/C22H17Cl2F3N2O2/c23-15-6-8-20(30)16(12-15)21(31)29-19-11-14(22(25,26)27)5-7-18(19)28-10-9-13-3-1-2-4-17(13)24/h1-8,11-12,28,30H,9-10H2,(H,29,31). The largest absolute Gasteiger partial charge is 0.507 e. The highest BCUT2D eigenvalue weighted by atomic mass is 35.5. The maximum Gasteiger partial charge on any atom is 0.416 e. The summed E-state index contributed by atoms with van der Waals surface area (Å²) in [7, 11) is 0. The Kier molecular flexibility index (Phi) is 6.97. The van der Waals surface area contributed by atoms with E-state index in [9.17, 15) is 23.1 Å². The van der Waals surface area contributed by atoms with E-state index in [1.165, 1.54) is 24.3 Å². The Morgan fingerprint density at radius 1 is 0.968 bits per heavy atom. The molecule has 0 saturated heterocycles. The molecule has 1 amide bonds. The summed E-state index contributed by atoms with van der Waals surface area (Å²) in [5, 5.41) is 16.1. The second-order valence-electron chi connectivity index (χ2n) is 6.64. The van der Waals surface area contributed by atoms with Crippen molar-refractivity contribution in [3.05, 3.63) is 87.4 Å². The van der Waals surface area contributed by atoms with E-state index < -0.39 is 17.6 Å². The summed E-state index contributed by atoms with van der Waals surface area (Å²) in [5.74, 6) is -1.14. The lowest BCUT2D eigenvalue weighted by Crippen LogP contribution is -2.16. The third-order valence-electron chi connectivity index (χ3n) is 4.47. The summed E-state index contributed by atoms with van der Waals surface area (Å²) in [5.41, 5.74) is -0.00649. The zero-order valence-electron chi connectivity index (χ0n) is 15.9. The van der Waals surface area contributed by atoms with Crippen molar-refractivity contribution in [1.82, 2.24) is 0 Å². The number of benzene rings is 3. The van der Waals surface area contributed by atoms with Crippen LogP contribution in [0.4, 0.5) is 24.5 Å². The molecule has 0 aromatic heterocycles. The Morgan fingerprint density at radius 3 is 2.42 bits per heavy atom. The number of phenols is 1. The predicted octanol–water partition coefficient (Wildman–Crippen LogP) is 6.62. The van der Waals surface area contributed by atoms with E-state index in [-0.39, 0.29) is 27.7 Å². The van der Waals surface area contributed by atoms with Crippen molar-refractivity contribution in [1.29, 1.82) is 0 Å². The van der Waals surface area contributed by atoms with Crippen LogP contribution >= 0.6 is 23.2 Å². The molecule has 3 N–H and O–H groups in total. The quantitative estimate of drug-likeness (QED) is 0.380. The molecule has 0 unspecified atom stereocenters. The first-order valence-electron chi connectivity index (χ1n) is 9.13. The van der Waals surface area contributed by atoms with Crippen LogP contribution in [0.25, 0.3) is 0 Å². The Labute approximate surface area is 186 Å². The fraction of sp³-hybridized carbons (Fsp3) is 0.136. The first-order chi connectivity index (χ1) is 14.6. The van der Waals surface area contributed by atoms with Gasteiger partial charge in [0.1, 0.15) is 5.75 Å². The van der Waals surface area contributed by atoms with Crippen LogP contribution in [0.2, 0.25) is 10.0 Å². The summed E-state index contributed by atoms with van der Waals surface area (Å²) >= 11 is 12.0. The van der Waals surface area contributed by atoms with Gasteiger partial charge in [-0.15, -0.1) is 0 Å². The Bertz CT molecular complexity index is 1100. The van der Waals surface area contributed by atoms with Crippen molar-refractivity contribution in [3.63, 3.8) is 0 Å². The fourth-order valence-electron chi connectivity index (χ4n) is 2.89. The molecule has 0 fully saturated rings. The number of rotatable bonds is 6. The molecule has 0 aliphatic carbocycles. The summed E-state index contributed by atoms with van der Waals surface area (Å²) in [6, 6.07) is 14.1. The van der Waals surface area contributed by atoms with Gasteiger partial charge in [-0.05, 0) is 54.4 Å². The molecule has 31 heavy (non-hydrogen) atoms. The lowest BCUT2D eigenvalue weighted by atomic mass is 10.1.